The molecule has 136 valence electrons. The number of anilines is 1. The molecule has 1 atom stereocenters. The van der Waals surface area contributed by atoms with E-state index in [1.54, 1.807) is 12.0 Å². The second-order valence-electron chi connectivity index (χ2n) is 6.77. The van der Waals surface area contributed by atoms with E-state index in [2.05, 4.69) is 11.4 Å². The lowest BCUT2D eigenvalue weighted by atomic mass is 10.1. The Morgan fingerprint density at radius 2 is 1.81 bits per heavy atom. The molecule has 1 saturated heterocycles. The summed E-state index contributed by atoms with van der Waals surface area (Å²) in [5.74, 6) is 0.568. The Hall–Kier alpha value is -2.82. The maximum absolute atomic E-state index is 12.7. The quantitative estimate of drug-likeness (QED) is 0.900. The number of hydrogen-bond acceptors (Lipinski definition) is 3. The molecule has 0 aromatic heterocycles. The molecule has 3 rings (SSSR count). The van der Waals surface area contributed by atoms with Crippen LogP contribution in [0.1, 0.15) is 23.1 Å². The number of ether oxygens (including phenoxy) is 1. The number of carbonyl (C=O) groups excluding carboxylic acids is 2. The van der Waals surface area contributed by atoms with E-state index < -0.39 is 6.04 Å². The summed E-state index contributed by atoms with van der Waals surface area (Å²) in [6.07, 6.45) is 0.873. The van der Waals surface area contributed by atoms with Crippen LogP contribution in [0.4, 0.5) is 5.69 Å². The number of carbonyl (C=O) groups is 2. The molecule has 5 nitrogen and oxygen atoms in total. The van der Waals surface area contributed by atoms with Crippen molar-refractivity contribution in [1.29, 1.82) is 0 Å². The van der Waals surface area contributed by atoms with Crippen LogP contribution in [0.25, 0.3) is 0 Å². The van der Waals surface area contributed by atoms with E-state index in [1.165, 1.54) is 0 Å². The average molecular weight is 352 g/mol. The van der Waals surface area contributed by atoms with Crippen molar-refractivity contribution in [2.45, 2.75) is 32.7 Å². The van der Waals surface area contributed by atoms with Gasteiger partial charge in [0.15, 0.2) is 0 Å². The minimum absolute atomic E-state index is 0.0434. The van der Waals surface area contributed by atoms with Crippen LogP contribution in [0.15, 0.2) is 42.5 Å². The zero-order valence-corrected chi connectivity index (χ0v) is 15.4. The van der Waals surface area contributed by atoms with Crippen LogP contribution in [0.2, 0.25) is 0 Å². The number of amides is 2. The molecular formula is C21H24N2O3. The molecule has 0 bridgehead atoms. The monoisotopic (exact) mass is 352 g/mol. The van der Waals surface area contributed by atoms with E-state index in [1.807, 2.05) is 50.2 Å². The molecule has 1 aliphatic rings. The molecule has 1 aliphatic heterocycles. The van der Waals surface area contributed by atoms with Gasteiger partial charge in [-0.05, 0) is 61.2 Å². The molecule has 0 spiro atoms. The first kappa shape index (κ1) is 18.0. The molecule has 2 aromatic rings. The summed E-state index contributed by atoms with van der Waals surface area (Å²) in [6, 6.07) is 13.0. The SMILES string of the molecule is COc1ccc(CC(=O)NC2CCN(c3cc(C)cc(C)c3)C2=O)cc1. The average Bonchev–Trinajstić information content (AvgIpc) is 2.95. The van der Waals surface area contributed by atoms with Crippen molar-refractivity contribution in [3.05, 3.63) is 59.2 Å². The third kappa shape index (κ3) is 4.04. The van der Waals surface area contributed by atoms with Gasteiger partial charge >= 0.3 is 0 Å². The molecular weight excluding hydrogens is 328 g/mol. The fourth-order valence-corrected chi connectivity index (χ4v) is 3.35. The van der Waals surface area contributed by atoms with E-state index in [0.29, 0.717) is 13.0 Å². The third-order valence-corrected chi connectivity index (χ3v) is 4.58. The van der Waals surface area contributed by atoms with Crippen LogP contribution in [0.3, 0.4) is 0 Å². The van der Waals surface area contributed by atoms with Crippen molar-refractivity contribution in [2.24, 2.45) is 0 Å². The maximum atomic E-state index is 12.7. The van der Waals surface area contributed by atoms with Gasteiger partial charge in [-0.1, -0.05) is 18.2 Å². The van der Waals surface area contributed by atoms with Crippen molar-refractivity contribution >= 4 is 17.5 Å². The second-order valence-corrected chi connectivity index (χ2v) is 6.77. The lowest BCUT2D eigenvalue weighted by Crippen LogP contribution is -2.42. The van der Waals surface area contributed by atoms with Gasteiger partial charge in [0.1, 0.15) is 11.8 Å². The van der Waals surface area contributed by atoms with E-state index >= 15 is 0 Å². The van der Waals surface area contributed by atoms with Crippen LogP contribution in [0, 0.1) is 13.8 Å². The summed E-state index contributed by atoms with van der Waals surface area (Å²) in [4.78, 5) is 26.8. The number of hydrogen-bond donors (Lipinski definition) is 1. The highest BCUT2D eigenvalue weighted by Gasteiger charge is 2.33. The third-order valence-electron chi connectivity index (χ3n) is 4.58. The highest BCUT2D eigenvalue weighted by molar-refractivity contribution is 6.01. The minimum Gasteiger partial charge on any atom is -0.497 e. The van der Waals surface area contributed by atoms with Gasteiger partial charge in [-0.25, -0.2) is 0 Å². The van der Waals surface area contributed by atoms with Gasteiger partial charge < -0.3 is 15.0 Å². The summed E-state index contributed by atoms with van der Waals surface area (Å²) < 4.78 is 5.12. The van der Waals surface area contributed by atoms with Crippen LogP contribution in [-0.2, 0) is 16.0 Å². The lowest BCUT2D eigenvalue weighted by molar-refractivity contribution is -0.126. The zero-order chi connectivity index (χ0) is 18.7. The normalized spacial score (nSPS) is 16.7. The Morgan fingerprint density at radius 1 is 1.15 bits per heavy atom. The van der Waals surface area contributed by atoms with Crippen LogP contribution in [0.5, 0.6) is 5.75 Å². The molecule has 1 heterocycles. The van der Waals surface area contributed by atoms with Gasteiger partial charge in [0.2, 0.25) is 11.8 Å². The predicted octanol–water partition coefficient (Wildman–Crippen LogP) is 2.78. The largest absolute Gasteiger partial charge is 0.497 e. The molecule has 26 heavy (non-hydrogen) atoms. The molecule has 5 heteroatoms. The first-order valence-electron chi connectivity index (χ1n) is 8.78. The summed E-state index contributed by atoms with van der Waals surface area (Å²) >= 11 is 0. The maximum Gasteiger partial charge on any atom is 0.249 e. The van der Waals surface area contributed by atoms with E-state index in [0.717, 1.165) is 28.1 Å². The van der Waals surface area contributed by atoms with Crippen LogP contribution in [-0.4, -0.2) is 31.5 Å². The molecule has 0 saturated carbocycles. The molecule has 1 N–H and O–H groups in total. The predicted molar refractivity (Wildman–Crippen MR) is 102 cm³/mol. The van der Waals surface area contributed by atoms with Crippen molar-refractivity contribution in [1.82, 2.24) is 5.32 Å². The van der Waals surface area contributed by atoms with E-state index in [9.17, 15) is 9.59 Å². The van der Waals surface area contributed by atoms with Gasteiger partial charge in [-0.2, -0.15) is 0 Å². The number of rotatable bonds is 5. The molecule has 0 aliphatic carbocycles. The van der Waals surface area contributed by atoms with Crippen LogP contribution < -0.4 is 15.0 Å². The lowest BCUT2D eigenvalue weighted by Gasteiger charge is -2.18. The molecule has 2 aromatic carbocycles. The van der Waals surface area contributed by atoms with Gasteiger partial charge in [0.05, 0.1) is 13.5 Å². The standard InChI is InChI=1S/C21H24N2O3/c1-14-10-15(2)12-17(11-14)23-9-8-19(21(23)25)22-20(24)13-16-4-6-18(26-3)7-5-16/h4-7,10-12,19H,8-9,13H2,1-3H3,(H,22,24). The number of nitrogens with zero attached hydrogens (tertiary/aromatic N) is 1. The molecule has 0 radical (unpaired) electrons. The van der Waals surface area contributed by atoms with E-state index in [4.69, 9.17) is 4.74 Å². The first-order chi connectivity index (χ1) is 12.5. The Bertz CT molecular complexity index is 794. The smallest absolute Gasteiger partial charge is 0.249 e. The van der Waals surface area contributed by atoms with Crippen LogP contribution >= 0.6 is 0 Å². The highest BCUT2D eigenvalue weighted by atomic mass is 16.5. The van der Waals surface area contributed by atoms with Crippen molar-refractivity contribution in [2.75, 3.05) is 18.6 Å². The molecule has 2 amide bonds. The van der Waals surface area contributed by atoms with Gasteiger partial charge in [0.25, 0.3) is 0 Å². The Morgan fingerprint density at radius 3 is 2.42 bits per heavy atom. The Kier molecular flexibility index (Phi) is 5.26. The Balaban J connectivity index is 1.61. The first-order valence-corrected chi connectivity index (χ1v) is 8.78. The summed E-state index contributed by atoms with van der Waals surface area (Å²) in [5.41, 5.74) is 4.04. The molecule has 1 fully saturated rings. The van der Waals surface area contributed by atoms with E-state index in [-0.39, 0.29) is 18.2 Å². The zero-order valence-electron chi connectivity index (χ0n) is 15.4. The fraction of sp³-hybridized carbons (Fsp3) is 0.333. The molecule has 1 unspecified atom stereocenters. The van der Waals surface area contributed by atoms with Crippen molar-refractivity contribution < 1.29 is 14.3 Å². The van der Waals surface area contributed by atoms with Gasteiger partial charge in [-0.3, -0.25) is 9.59 Å². The topological polar surface area (TPSA) is 58.6 Å². The summed E-state index contributed by atoms with van der Waals surface area (Å²) in [6.45, 7) is 4.66. The van der Waals surface area contributed by atoms with Gasteiger partial charge in [0, 0.05) is 12.2 Å². The van der Waals surface area contributed by atoms with Crippen molar-refractivity contribution in [3.8, 4) is 5.75 Å². The summed E-state index contributed by atoms with van der Waals surface area (Å²) in [5, 5.41) is 2.87. The second kappa shape index (κ2) is 7.60. The fourth-order valence-electron chi connectivity index (χ4n) is 3.35. The van der Waals surface area contributed by atoms with Gasteiger partial charge in [-0.15, -0.1) is 0 Å². The number of methoxy groups -OCH3 is 1. The minimum atomic E-state index is -0.457. The Labute approximate surface area is 154 Å². The number of nitrogens with one attached hydrogen (secondary N) is 1. The summed E-state index contributed by atoms with van der Waals surface area (Å²) in [7, 11) is 1.61. The number of aryl methyl sites for hydroxylation is 2. The van der Waals surface area contributed by atoms with Crippen molar-refractivity contribution in [3.63, 3.8) is 0 Å². The number of benzene rings is 2. The highest BCUT2D eigenvalue weighted by Crippen LogP contribution is 2.24.